The summed E-state index contributed by atoms with van der Waals surface area (Å²) in [6.07, 6.45) is 0. The first-order valence-electron chi connectivity index (χ1n) is 5.80. The lowest BCUT2D eigenvalue weighted by Gasteiger charge is -2.09. The summed E-state index contributed by atoms with van der Waals surface area (Å²) in [6.45, 7) is 4.27. The Labute approximate surface area is 114 Å². The lowest BCUT2D eigenvalue weighted by Crippen LogP contribution is -2.04. The van der Waals surface area contributed by atoms with Crippen molar-refractivity contribution in [2.75, 3.05) is 12.4 Å². The summed E-state index contributed by atoms with van der Waals surface area (Å²) in [5.41, 5.74) is 0. The number of aromatic nitrogens is 2. The summed E-state index contributed by atoms with van der Waals surface area (Å²) < 4.78 is 5.28. The van der Waals surface area contributed by atoms with Crippen LogP contribution in [0.15, 0.2) is 22.0 Å². The molecule has 2 heterocycles. The SMILES string of the molecule is CC(CO)CSC(C)c1nc(-c2cccs2)no1. The molecule has 2 unspecified atom stereocenters. The van der Waals surface area contributed by atoms with Gasteiger partial charge in [0.2, 0.25) is 11.7 Å². The first kappa shape index (κ1) is 13.6. The quantitative estimate of drug-likeness (QED) is 0.882. The van der Waals surface area contributed by atoms with Gasteiger partial charge >= 0.3 is 0 Å². The Balaban J connectivity index is 1.97. The van der Waals surface area contributed by atoms with E-state index in [2.05, 4.69) is 10.1 Å². The van der Waals surface area contributed by atoms with E-state index in [0.29, 0.717) is 11.7 Å². The number of aliphatic hydroxyl groups is 1. The summed E-state index contributed by atoms with van der Waals surface area (Å²) in [4.78, 5) is 5.43. The lowest BCUT2D eigenvalue weighted by molar-refractivity contribution is 0.250. The molecule has 0 radical (unpaired) electrons. The first-order chi connectivity index (χ1) is 8.70. The van der Waals surface area contributed by atoms with Crippen LogP contribution in [0.5, 0.6) is 0 Å². The lowest BCUT2D eigenvalue weighted by atomic mass is 10.2. The van der Waals surface area contributed by atoms with Crippen LogP contribution in [0.4, 0.5) is 0 Å². The van der Waals surface area contributed by atoms with Gasteiger partial charge in [0.15, 0.2) is 0 Å². The summed E-state index contributed by atoms with van der Waals surface area (Å²) in [6, 6.07) is 3.95. The Morgan fingerprint density at radius 2 is 2.33 bits per heavy atom. The fourth-order valence-corrected chi connectivity index (χ4v) is 2.95. The van der Waals surface area contributed by atoms with Gasteiger partial charge in [-0.25, -0.2) is 0 Å². The molecule has 2 atom stereocenters. The monoisotopic (exact) mass is 284 g/mol. The average molecular weight is 284 g/mol. The van der Waals surface area contributed by atoms with Crippen LogP contribution >= 0.6 is 23.1 Å². The number of thioether (sulfide) groups is 1. The molecule has 6 heteroatoms. The van der Waals surface area contributed by atoms with Gasteiger partial charge in [-0.15, -0.1) is 23.1 Å². The predicted molar refractivity (Wildman–Crippen MR) is 74.7 cm³/mol. The highest BCUT2D eigenvalue weighted by atomic mass is 32.2. The van der Waals surface area contributed by atoms with Crippen LogP contribution in [-0.2, 0) is 0 Å². The van der Waals surface area contributed by atoms with Gasteiger partial charge in [0, 0.05) is 6.61 Å². The third-order valence-electron chi connectivity index (χ3n) is 2.47. The molecule has 0 aromatic carbocycles. The maximum atomic E-state index is 8.98. The highest BCUT2D eigenvalue weighted by Gasteiger charge is 2.16. The molecule has 2 rings (SSSR count). The van der Waals surface area contributed by atoms with Gasteiger partial charge in [-0.05, 0) is 30.0 Å². The minimum Gasteiger partial charge on any atom is -0.396 e. The molecule has 0 spiro atoms. The molecule has 18 heavy (non-hydrogen) atoms. The van der Waals surface area contributed by atoms with Crippen LogP contribution in [0, 0.1) is 5.92 Å². The van der Waals surface area contributed by atoms with Crippen molar-refractivity contribution in [2.24, 2.45) is 5.92 Å². The van der Waals surface area contributed by atoms with Crippen LogP contribution < -0.4 is 0 Å². The molecule has 0 aliphatic carbocycles. The van der Waals surface area contributed by atoms with Crippen molar-refractivity contribution >= 4 is 23.1 Å². The second kappa shape index (κ2) is 6.36. The van der Waals surface area contributed by atoms with Crippen LogP contribution in [-0.4, -0.2) is 27.6 Å². The van der Waals surface area contributed by atoms with Crippen molar-refractivity contribution in [2.45, 2.75) is 19.1 Å². The van der Waals surface area contributed by atoms with Crippen LogP contribution in [0.3, 0.4) is 0 Å². The molecular weight excluding hydrogens is 268 g/mol. The van der Waals surface area contributed by atoms with Gasteiger partial charge in [-0.1, -0.05) is 18.1 Å². The number of hydrogen-bond acceptors (Lipinski definition) is 6. The van der Waals surface area contributed by atoms with Gasteiger partial charge in [0.1, 0.15) is 0 Å². The fraction of sp³-hybridized carbons (Fsp3) is 0.500. The highest BCUT2D eigenvalue weighted by Crippen LogP contribution is 2.30. The molecule has 2 aromatic rings. The normalized spacial score (nSPS) is 14.6. The zero-order chi connectivity index (χ0) is 13.0. The number of nitrogens with zero attached hydrogens (tertiary/aromatic N) is 2. The zero-order valence-corrected chi connectivity index (χ0v) is 12.0. The van der Waals surface area contributed by atoms with E-state index in [-0.39, 0.29) is 17.8 Å². The van der Waals surface area contributed by atoms with E-state index < -0.39 is 0 Å². The molecule has 0 aliphatic heterocycles. The van der Waals surface area contributed by atoms with Gasteiger partial charge in [-0.3, -0.25) is 0 Å². The third-order valence-corrected chi connectivity index (χ3v) is 4.80. The van der Waals surface area contributed by atoms with Crippen LogP contribution in [0.1, 0.15) is 25.0 Å². The van der Waals surface area contributed by atoms with E-state index in [1.165, 1.54) is 0 Å². The van der Waals surface area contributed by atoms with Crippen molar-refractivity contribution in [1.82, 2.24) is 10.1 Å². The Kier molecular flexibility index (Phi) is 4.79. The molecule has 0 amide bonds. The van der Waals surface area contributed by atoms with E-state index in [1.807, 2.05) is 31.4 Å². The fourth-order valence-electron chi connectivity index (χ4n) is 1.34. The van der Waals surface area contributed by atoms with Crippen molar-refractivity contribution in [3.05, 3.63) is 23.4 Å². The number of thiophene rings is 1. The molecule has 0 aliphatic rings. The Morgan fingerprint density at radius 3 is 3.00 bits per heavy atom. The molecule has 0 fully saturated rings. The Bertz CT molecular complexity index is 470. The Hall–Kier alpha value is -0.850. The van der Waals surface area contributed by atoms with Gasteiger partial charge in [0.25, 0.3) is 0 Å². The largest absolute Gasteiger partial charge is 0.396 e. The predicted octanol–water partition coefficient (Wildman–Crippen LogP) is 3.22. The maximum absolute atomic E-state index is 8.98. The minimum absolute atomic E-state index is 0.153. The van der Waals surface area contributed by atoms with Gasteiger partial charge < -0.3 is 9.63 Å². The molecule has 98 valence electrons. The molecule has 4 nitrogen and oxygen atoms in total. The van der Waals surface area contributed by atoms with E-state index >= 15 is 0 Å². The topological polar surface area (TPSA) is 59.2 Å². The summed E-state index contributed by atoms with van der Waals surface area (Å²) in [5.74, 6) is 2.47. The van der Waals surface area contributed by atoms with Crippen molar-refractivity contribution in [1.29, 1.82) is 0 Å². The van der Waals surface area contributed by atoms with E-state index in [1.54, 1.807) is 23.1 Å². The molecule has 0 saturated heterocycles. The van der Waals surface area contributed by atoms with Crippen LogP contribution in [0.2, 0.25) is 0 Å². The zero-order valence-electron chi connectivity index (χ0n) is 10.4. The first-order valence-corrected chi connectivity index (χ1v) is 7.73. The van der Waals surface area contributed by atoms with Crippen LogP contribution in [0.25, 0.3) is 10.7 Å². The summed E-state index contributed by atoms with van der Waals surface area (Å²) >= 11 is 3.32. The third kappa shape index (κ3) is 3.34. The van der Waals surface area contributed by atoms with E-state index in [4.69, 9.17) is 9.63 Å². The van der Waals surface area contributed by atoms with E-state index in [9.17, 15) is 0 Å². The number of hydrogen-bond donors (Lipinski definition) is 1. The highest BCUT2D eigenvalue weighted by molar-refractivity contribution is 7.99. The summed E-state index contributed by atoms with van der Waals surface area (Å²) in [7, 11) is 0. The van der Waals surface area contributed by atoms with Gasteiger partial charge in [0.05, 0.1) is 10.1 Å². The number of rotatable bonds is 6. The van der Waals surface area contributed by atoms with Crippen molar-refractivity contribution < 1.29 is 9.63 Å². The van der Waals surface area contributed by atoms with E-state index in [0.717, 1.165) is 10.6 Å². The second-order valence-corrected chi connectivity index (χ2v) is 6.52. The molecule has 0 bridgehead atoms. The second-order valence-electron chi connectivity index (χ2n) is 4.20. The smallest absolute Gasteiger partial charge is 0.239 e. The standard InChI is InChI=1S/C12H16N2O2S2/c1-8(6-15)7-18-9(2)12-13-11(14-16-12)10-4-3-5-17-10/h3-5,8-9,15H,6-7H2,1-2H3. The minimum atomic E-state index is 0.153. The van der Waals surface area contributed by atoms with Crippen molar-refractivity contribution in [3.63, 3.8) is 0 Å². The van der Waals surface area contributed by atoms with Gasteiger partial charge in [-0.2, -0.15) is 4.98 Å². The Morgan fingerprint density at radius 1 is 1.50 bits per heavy atom. The average Bonchev–Trinajstić information content (AvgIpc) is 3.04. The molecular formula is C12H16N2O2S2. The van der Waals surface area contributed by atoms with Crippen molar-refractivity contribution in [3.8, 4) is 10.7 Å². The molecule has 2 aromatic heterocycles. The maximum Gasteiger partial charge on any atom is 0.239 e. The molecule has 1 N–H and O–H groups in total. The molecule has 0 saturated carbocycles. The summed E-state index contributed by atoms with van der Waals surface area (Å²) in [5, 5.41) is 15.1. The number of aliphatic hydroxyl groups excluding tert-OH is 1.